The van der Waals surface area contributed by atoms with Crippen molar-refractivity contribution < 1.29 is 9.47 Å². The number of hydrogen-bond acceptors (Lipinski definition) is 2. The number of methoxy groups -OCH3 is 1. The number of epoxide rings is 1. The number of hydrogen-bond donors (Lipinski definition) is 0. The normalized spacial score (nSPS) is 19.6. The highest BCUT2D eigenvalue weighted by Crippen LogP contribution is 2.16. The molecular formula is C12H16O2. The lowest BCUT2D eigenvalue weighted by molar-refractivity contribution is 0.202. The molecule has 1 unspecified atom stereocenters. The molecule has 0 spiro atoms. The van der Waals surface area contributed by atoms with Gasteiger partial charge in [-0.1, -0.05) is 24.3 Å². The quantitative estimate of drug-likeness (QED) is 0.664. The Morgan fingerprint density at radius 2 is 1.93 bits per heavy atom. The van der Waals surface area contributed by atoms with Crippen LogP contribution in [0.4, 0.5) is 0 Å². The average Bonchev–Trinajstić information content (AvgIpc) is 3.01. The summed E-state index contributed by atoms with van der Waals surface area (Å²) in [6.07, 6.45) is 2.54. The molecule has 1 atom stereocenters. The summed E-state index contributed by atoms with van der Waals surface area (Å²) in [7, 11) is 1.73. The van der Waals surface area contributed by atoms with Crippen molar-refractivity contribution in [2.75, 3.05) is 20.3 Å². The van der Waals surface area contributed by atoms with Gasteiger partial charge in [0.2, 0.25) is 0 Å². The second-order valence-corrected chi connectivity index (χ2v) is 3.72. The Morgan fingerprint density at radius 1 is 1.29 bits per heavy atom. The van der Waals surface area contributed by atoms with Gasteiger partial charge in [0.05, 0.1) is 19.3 Å². The van der Waals surface area contributed by atoms with Crippen molar-refractivity contribution >= 4 is 0 Å². The zero-order valence-corrected chi connectivity index (χ0v) is 8.53. The third kappa shape index (κ3) is 2.82. The van der Waals surface area contributed by atoms with E-state index in [9.17, 15) is 0 Å². The molecule has 0 bridgehead atoms. The fourth-order valence-corrected chi connectivity index (χ4v) is 1.51. The molecule has 1 heterocycles. The van der Waals surface area contributed by atoms with E-state index in [1.807, 2.05) is 0 Å². The molecule has 1 aliphatic heterocycles. The van der Waals surface area contributed by atoms with Crippen LogP contribution < -0.4 is 0 Å². The van der Waals surface area contributed by atoms with Gasteiger partial charge in [-0.25, -0.2) is 0 Å². The molecule has 1 aromatic carbocycles. The molecular weight excluding hydrogens is 176 g/mol. The predicted molar refractivity (Wildman–Crippen MR) is 55.5 cm³/mol. The second kappa shape index (κ2) is 4.58. The van der Waals surface area contributed by atoms with Gasteiger partial charge in [0.25, 0.3) is 0 Å². The molecule has 2 rings (SSSR count). The van der Waals surface area contributed by atoms with Crippen molar-refractivity contribution in [3.8, 4) is 0 Å². The highest BCUT2D eigenvalue weighted by molar-refractivity contribution is 5.23. The van der Waals surface area contributed by atoms with Gasteiger partial charge < -0.3 is 9.47 Å². The maximum absolute atomic E-state index is 5.19. The smallest absolute Gasteiger partial charge is 0.0850 e. The van der Waals surface area contributed by atoms with E-state index >= 15 is 0 Å². The standard InChI is InChI=1S/C12H16O2/c1-13-7-6-10-2-4-11(5-3-10)8-12-9-14-12/h2-5,12H,6-9H2,1H3. The van der Waals surface area contributed by atoms with Crippen LogP contribution in [0, 0.1) is 0 Å². The van der Waals surface area contributed by atoms with Gasteiger partial charge in [0.15, 0.2) is 0 Å². The van der Waals surface area contributed by atoms with Gasteiger partial charge in [-0.05, 0) is 17.5 Å². The first kappa shape index (κ1) is 9.69. The molecule has 0 aliphatic carbocycles. The largest absolute Gasteiger partial charge is 0.384 e. The van der Waals surface area contributed by atoms with E-state index in [1.54, 1.807) is 7.11 Å². The van der Waals surface area contributed by atoms with E-state index in [0.29, 0.717) is 6.10 Å². The maximum Gasteiger partial charge on any atom is 0.0850 e. The van der Waals surface area contributed by atoms with Crippen molar-refractivity contribution in [2.45, 2.75) is 18.9 Å². The van der Waals surface area contributed by atoms with E-state index in [4.69, 9.17) is 9.47 Å². The number of rotatable bonds is 5. The molecule has 0 amide bonds. The average molecular weight is 192 g/mol. The van der Waals surface area contributed by atoms with Gasteiger partial charge in [-0.2, -0.15) is 0 Å². The first-order chi connectivity index (χ1) is 6.88. The monoisotopic (exact) mass is 192 g/mol. The summed E-state index contributed by atoms with van der Waals surface area (Å²) >= 11 is 0. The first-order valence-corrected chi connectivity index (χ1v) is 5.07. The van der Waals surface area contributed by atoms with E-state index < -0.39 is 0 Å². The minimum absolute atomic E-state index is 0.486. The Kier molecular flexibility index (Phi) is 3.17. The fourth-order valence-electron chi connectivity index (χ4n) is 1.51. The van der Waals surface area contributed by atoms with Crippen molar-refractivity contribution in [3.05, 3.63) is 35.4 Å². The van der Waals surface area contributed by atoms with E-state index in [-0.39, 0.29) is 0 Å². The highest BCUT2D eigenvalue weighted by Gasteiger charge is 2.22. The summed E-state index contributed by atoms with van der Waals surface area (Å²) in [5.74, 6) is 0. The molecule has 14 heavy (non-hydrogen) atoms. The van der Waals surface area contributed by atoms with Crippen LogP contribution in [0.3, 0.4) is 0 Å². The summed E-state index contributed by atoms with van der Waals surface area (Å²) in [5, 5.41) is 0. The van der Waals surface area contributed by atoms with Crippen LogP contribution in [-0.2, 0) is 22.3 Å². The summed E-state index contributed by atoms with van der Waals surface area (Å²) in [6.45, 7) is 1.73. The Bertz CT molecular complexity index is 275. The first-order valence-electron chi connectivity index (χ1n) is 5.07. The Morgan fingerprint density at radius 3 is 2.50 bits per heavy atom. The zero-order chi connectivity index (χ0) is 9.80. The van der Waals surface area contributed by atoms with Crippen molar-refractivity contribution in [3.63, 3.8) is 0 Å². The van der Waals surface area contributed by atoms with Crippen LogP contribution >= 0.6 is 0 Å². The van der Waals surface area contributed by atoms with Crippen molar-refractivity contribution in [1.82, 2.24) is 0 Å². The number of benzene rings is 1. The molecule has 1 fully saturated rings. The minimum atomic E-state index is 0.486. The molecule has 2 nitrogen and oxygen atoms in total. The molecule has 0 N–H and O–H groups in total. The molecule has 1 saturated heterocycles. The van der Waals surface area contributed by atoms with Crippen LogP contribution in [0.25, 0.3) is 0 Å². The zero-order valence-electron chi connectivity index (χ0n) is 8.53. The van der Waals surface area contributed by atoms with Gasteiger partial charge in [-0.15, -0.1) is 0 Å². The van der Waals surface area contributed by atoms with E-state index in [2.05, 4.69) is 24.3 Å². The summed E-state index contributed by atoms with van der Waals surface area (Å²) in [5.41, 5.74) is 2.71. The molecule has 1 aliphatic rings. The third-order valence-electron chi connectivity index (χ3n) is 2.48. The topological polar surface area (TPSA) is 21.8 Å². The summed E-state index contributed by atoms with van der Waals surface area (Å²) < 4.78 is 10.2. The minimum Gasteiger partial charge on any atom is -0.384 e. The molecule has 76 valence electrons. The van der Waals surface area contributed by atoms with Gasteiger partial charge >= 0.3 is 0 Å². The fraction of sp³-hybridized carbons (Fsp3) is 0.500. The lowest BCUT2D eigenvalue weighted by Crippen LogP contribution is -1.96. The third-order valence-corrected chi connectivity index (χ3v) is 2.48. The maximum atomic E-state index is 5.19. The van der Waals surface area contributed by atoms with Crippen LogP contribution in [0.2, 0.25) is 0 Å². The second-order valence-electron chi connectivity index (χ2n) is 3.72. The van der Waals surface area contributed by atoms with Gasteiger partial charge in [0.1, 0.15) is 0 Å². The lowest BCUT2D eigenvalue weighted by Gasteiger charge is -2.02. The highest BCUT2D eigenvalue weighted by atomic mass is 16.6. The number of ether oxygens (including phenoxy) is 2. The van der Waals surface area contributed by atoms with Gasteiger partial charge in [-0.3, -0.25) is 0 Å². The molecule has 0 radical (unpaired) electrons. The molecule has 2 heteroatoms. The Balaban J connectivity index is 1.88. The SMILES string of the molecule is COCCc1ccc(CC2CO2)cc1. The Labute approximate surface area is 84.8 Å². The van der Waals surface area contributed by atoms with Crippen molar-refractivity contribution in [2.24, 2.45) is 0 Å². The van der Waals surface area contributed by atoms with Crippen LogP contribution in [0.5, 0.6) is 0 Å². The van der Waals surface area contributed by atoms with E-state index in [1.165, 1.54) is 11.1 Å². The predicted octanol–water partition coefficient (Wildman–Crippen LogP) is 1.82. The summed E-state index contributed by atoms with van der Waals surface area (Å²) in [6, 6.07) is 8.73. The molecule has 1 aromatic rings. The Hall–Kier alpha value is -0.860. The van der Waals surface area contributed by atoms with Gasteiger partial charge in [0, 0.05) is 13.5 Å². The lowest BCUT2D eigenvalue weighted by atomic mass is 10.1. The van der Waals surface area contributed by atoms with E-state index in [0.717, 1.165) is 26.1 Å². The molecule has 0 aromatic heterocycles. The van der Waals surface area contributed by atoms with Crippen LogP contribution in [0.1, 0.15) is 11.1 Å². The summed E-state index contributed by atoms with van der Waals surface area (Å²) in [4.78, 5) is 0. The van der Waals surface area contributed by atoms with Crippen LogP contribution in [0.15, 0.2) is 24.3 Å². The molecule has 0 saturated carbocycles. The van der Waals surface area contributed by atoms with Crippen molar-refractivity contribution in [1.29, 1.82) is 0 Å². The van der Waals surface area contributed by atoms with Crippen LogP contribution in [-0.4, -0.2) is 26.4 Å².